The van der Waals surface area contributed by atoms with Gasteiger partial charge < -0.3 is 4.90 Å². The third-order valence-electron chi connectivity index (χ3n) is 5.46. The normalized spacial score (nSPS) is 27.8. The van der Waals surface area contributed by atoms with E-state index < -0.39 is 6.04 Å². The van der Waals surface area contributed by atoms with E-state index in [2.05, 4.69) is 22.2 Å². The van der Waals surface area contributed by atoms with Gasteiger partial charge in [0.2, 0.25) is 0 Å². The third kappa shape index (κ3) is 3.15. The predicted octanol–water partition coefficient (Wildman–Crippen LogP) is 1.72. The molecule has 3 aliphatic heterocycles. The molecule has 3 unspecified atom stereocenters. The Morgan fingerprint density at radius 2 is 1.96 bits per heavy atom. The smallest absolute Gasteiger partial charge is 0.310 e. The monoisotopic (exact) mass is 404 g/mol. The van der Waals surface area contributed by atoms with Crippen LogP contribution in [0.15, 0.2) is 29.4 Å². The van der Waals surface area contributed by atoms with Crippen LogP contribution in [0.3, 0.4) is 0 Å². The van der Waals surface area contributed by atoms with E-state index in [1.54, 1.807) is 24.1 Å². The number of fused-ring (bicyclic) bond motifs is 3. The Morgan fingerprint density at radius 1 is 1.25 bits per heavy atom. The van der Waals surface area contributed by atoms with Crippen molar-refractivity contribution in [3.63, 3.8) is 0 Å². The molecule has 150 valence electrons. The Kier molecular flexibility index (Phi) is 5.03. The van der Waals surface area contributed by atoms with Gasteiger partial charge >= 0.3 is 6.03 Å². The van der Waals surface area contributed by atoms with E-state index >= 15 is 0 Å². The average molecular weight is 405 g/mol. The molecule has 3 atom stereocenters. The molecule has 0 aliphatic carbocycles. The molecule has 3 aliphatic rings. The lowest BCUT2D eigenvalue weighted by Gasteiger charge is -2.42. The van der Waals surface area contributed by atoms with Crippen LogP contribution in [-0.2, 0) is 11.3 Å². The number of nitrogens with one attached hydrogen (secondary N) is 1. The number of imide groups is 1. The lowest BCUT2D eigenvalue weighted by molar-refractivity contribution is -0.139. The second-order valence-corrected chi connectivity index (χ2v) is 7.98. The lowest BCUT2D eigenvalue weighted by atomic mass is 10.1. The summed E-state index contributed by atoms with van der Waals surface area (Å²) in [5.74, 6) is -0.177. The van der Waals surface area contributed by atoms with Gasteiger partial charge in [0.05, 0.1) is 6.54 Å². The van der Waals surface area contributed by atoms with E-state index in [9.17, 15) is 9.59 Å². The summed E-state index contributed by atoms with van der Waals surface area (Å²) in [6.45, 7) is 5.68. The highest BCUT2D eigenvalue weighted by Gasteiger charge is 2.56. The fraction of sp³-hybridized carbons (Fsp3) is 0.526. The van der Waals surface area contributed by atoms with Crippen LogP contribution in [0.1, 0.15) is 25.8 Å². The Balaban J connectivity index is 1.62. The minimum atomic E-state index is -0.440. The molecule has 0 bridgehead atoms. The van der Waals surface area contributed by atoms with Crippen molar-refractivity contribution in [2.75, 3.05) is 20.1 Å². The number of likely N-dealkylation sites (N-methyl/N-ethyl adjacent to an activating group) is 1. The van der Waals surface area contributed by atoms with E-state index in [0.717, 1.165) is 24.2 Å². The maximum Gasteiger partial charge on any atom is 0.328 e. The van der Waals surface area contributed by atoms with E-state index in [0.29, 0.717) is 11.6 Å². The van der Waals surface area contributed by atoms with Gasteiger partial charge in [-0.1, -0.05) is 30.7 Å². The summed E-state index contributed by atoms with van der Waals surface area (Å²) in [4.78, 5) is 31.4. The summed E-state index contributed by atoms with van der Waals surface area (Å²) in [7, 11) is 1.74. The first-order valence-electron chi connectivity index (χ1n) is 9.56. The first-order chi connectivity index (χ1) is 13.4. The number of carbonyl (C=O) groups excluding carboxylic acids is 2. The fourth-order valence-electron chi connectivity index (χ4n) is 4.17. The first kappa shape index (κ1) is 19.2. The molecule has 8 nitrogen and oxygen atoms in total. The Morgan fingerprint density at radius 3 is 2.64 bits per heavy atom. The summed E-state index contributed by atoms with van der Waals surface area (Å²) >= 11 is 5.95. The van der Waals surface area contributed by atoms with Crippen molar-refractivity contribution in [3.05, 3.63) is 34.9 Å². The molecule has 0 spiro atoms. The zero-order valence-electron chi connectivity index (χ0n) is 16.3. The highest BCUT2D eigenvalue weighted by Crippen LogP contribution is 2.31. The van der Waals surface area contributed by atoms with E-state index in [1.165, 1.54) is 4.90 Å². The molecular weight excluding hydrogens is 380 g/mol. The minimum Gasteiger partial charge on any atom is -0.310 e. The van der Waals surface area contributed by atoms with Crippen LogP contribution in [0.2, 0.25) is 5.02 Å². The molecule has 28 heavy (non-hydrogen) atoms. The summed E-state index contributed by atoms with van der Waals surface area (Å²) in [5.41, 5.74) is 1.83. The zero-order chi connectivity index (χ0) is 20.0. The molecule has 1 aromatic carbocycles. The molecule has 9 heteroatoms. The predicted molar refractivity (Wildman–Crippen MR) is 106 cm³/mol. The van der Waals surface area contributed by atoms with Gasteiger partial charge in [-0.2, -0.15) is 5.10 Å². The number of amides is 3. The number of hydrogen-bond donors (Lipinski definition) is 1. The number of rotatable bonds is 4. The van der Waals surface area contributed by atoms with Gasteiger partial charge in [0, 0.05) is 30.9 Å². The minimum absolute atomic E-state index is 0.177. The van der Waals surface area contributed by atoms with Crippen LogP contribution in [0.4, 0.5) is 4.79 Å². The third-order valence-corrected chi connectivity index (χ3v) is 5.71. The summed E-state index contributed by atoms with van der Waals surface area (Å²) in [5, 5.41) is 10.7. The van der Waals surface area contributed by atoms with Crippen molar-refractivity contribution in [1.82, 2.24) is 25.0 Å². The van der Waals surface area contributed by atoms with E-state index in [-0.39, 0.29) is 30.9 Å². The average Bonchev–Trinajstić information content (AvgIpc) is 3.05. The Bertz CT molecular complexity index is 813. The molecule has 2 saturated heterocycles. The number of hydrogen-bond acceptors (Lipinski definition) is 6. The number of urea groups is 1. The van der Waals surface area contributed by atoms with Gasteiger partial charge in [0.1, 0.15) is 12.2 Å². The van der Waals surface area contributed by atoms with Crippen LogP contribution in [0, 0.1) is 0 Å². The number of hydrazone groups is 1. The van der Waals surface area contributed by atoms with Crippen LogP contribution in [-0.4, -0.2) is 76.0 Å². The van der Waals surface area contributed by atoms with Gasteiger partial charge in [-0.15, -0.1) is 0 Å². The second-order valence-electron chi connectivity index (χ2n) is 7.55. The molecule has 4 rings (SSSR count). The Labute approximate surface area is 169 Å². The molecule has 0 aromatic heterocycles. The van der Waals surface area contributed by atoms with Gasteiger partial charge in [-0.05, 0) is 31.0 Å². The van der Waals surface area contributed by atoms with Crippen molar-refractivity contribution in [3.8, 4) is 0 Å². The van der Waals surface area contributed by atoms with Crippen molar-refractivity contribution in [2.45, 2.75) is 45.3 Å². The number of halogens is 1. The zero-order valence-corrected chi connectivity index (χ0v) is 17.1. The molecule has 3 heterocycles. The first-order valence-corrected chi connectivity index (χ1v) is 9.93. The van der Waals surface area contributed by atoms with Gasteiger partial charge in [0.15, 0.2) is 6.29 Å². The van der Waals surface area contributed by atoms with Crippen molar-refractivity contribution in [1.29, 1.82) is 0 Å². The van der Waals surface area contributed by atoms with Crippen molar-refractivity contribution >= 4 is 29.3 Å². The van der Waals surface area contributed by atoms with Crippen LogP contribution in [0.5, 0.6) is 0 Å². The van der Waals surface area contributed by atoms with Gasteiger partial charge in [-0.25, -0.2) is 9.69 Å². The standard InChI is InChI=1S/C19H25ClN6O2/c1-4-9-26-18-21-16-15(24(18)10-12(2)22-26)17(27)25(19(28)23(16)3)11-13-5-7-14(20)8-6-13/h5-8,15-16,18,21H,4,9-11H2,1-3H3. The molecule has 2 fully saturated rings. The number of benzene rings is 1. The molecule has 3 amide bonds. The molecule has 1 aromatic rings. The summed E-state index contributed by atoms with van der Waals surface area (Å²) in [6, 6.07) is 6.47. The largest absolute Gasteiger partial charge is 0.328 e. The quantitative estimate of drug-likeness (QED) is 0.827. The topological polar surface area (TPSA) is 71.5 Å². The summed E-state index contributed by atoms with van der Waals surface area (Å²) in [6.07, 6.45) is 0.393. The Hall–Kier alpha value is -2.16. The van der Waals surface area contributed by atoms with E-state index in [4.69, 9.17) is 11.6 Å². The van der Waals surface area contributed by atoms with Crippen molar-refractivity contribution < 1.29 is 9.59 Å². The second kappa shape index (κ2) is 7.35. The molecule has 1 N–H and O–H groups in total. The van der Waals surface area contributed by atoms with Gasteiger partial charge in [0.25, 0.3) is 5.91 Å². The van der Waals surface area contributed by atoms with Crippen LogP contribution >= 0.6 is 11.6 Å². The van der Waals surface area contributed by atoms with Crippen molar-refractivity contribution in [2.24, 2.45) is 5.10 Å². The summed E-state index contributed by atoms with van der Waals surface area (Å²) < 4.78 is 0. The number of nitrogens with zero attached hydrogens (tertiary/aromatic N) is 5. The highest BCUT2D eigenvalue weighted by atomic mass is 35.5. The van der Waals surface area contributed by atoms with E-state index in [1.807, 2.05) is 24.1 Å². The highest BCUT2D eigenvalue weighted by molar-refractivity contribution is 6.30. The molecule has 0 saturated carbocycles. The van der Waals surface area contributed by atoms with Crippen LogP contribution < -0.4 is 5.32 Å². The molecule has 0 radical (unpaired) electrons. The fourth-order valence-corrected chi connectivity index (χ4v) is 4.29. The maximum absolute atomic E-state index is 13.4. The van der Waals surface area contributed by atoms with Gasteiger partial charge in [-0.3, -0.25) is 20.0 Å². The lowest BCUT2D eigenvalue weighted by Crippen LogP contribution is -2.66. The number of carbonyl (C=O) groups is 2. The SMILES string of the molecule is CCCN1N=C(C)CN2C3C(=O)N(Cc4ccc(Cl)cc4)C(=O)N(C)C3NC12. The van der Waals surface area contributed by atoms with Crippen LogP contribution in [0.25, 0.3) is 0 Å². The molecular formula is C19H25ClN6O2. The maximum atomic E-state index is 13.4.